The fourth-order valence-electron chi connectivity index (χ4n) is 2.46. The summed E-state index contributed by atoms with van der Waals surface area (Å²) < 4.78 is 3.30. The molecule has 16 heavy (non-hydrogen) atoms. The van der Waals surface area contributed by atoms with E-state index in [-0.39, 0.29) is 5.54 Å². The Bertz CT molecular complexity index is 552. The maximum atomic E-state index is 4.74. The lowest BCUT2D eigenvalue weighted by Crippen LogP contribution is -2.37. The summed E-state index contributed by atoms with van der Waals surface area (Å²) in [4.78, 5) is 0. The number of rotatable bonds is 1. The van der Waals surface area contributed by atoms with Crippen molar-refractivity contribution in [2.45, 2.75) is 38.6 Å². The monoisotopic (exact) mass is 278 g/mol. The van der Waals surface area contributed by atoms with E-state index < -0.39 is 0 Å². The third-order valence-electron chi connectivity index (χ3n) is 3.75. The second-order valence-electron chi connectivity index (χ2n) is 5.08. The van der Waals surface area contributed by atoms with Crippen LogP contribution in [0.3, 0.4) is 0 Å². The molecule has 2 aromatic rings. The van der Waals surface area contributed by atoms with Crippen LogP contribution in [-0.2, 0) is 5.54 Å². The van der Waals surface area contributed by atoms with Crippen LogP contribution in [0.2, 0.25) is 0 Å². The van der Waals surface area contributed by atoms with Crippen molar-refractivity contribution >= 4 is 26.8 Å². The minimum Gasteiger partial charge on any atom is -0.266 e. The van der Waals surface area contributed by atoms with E-state index in [0.29, 0.717) is 0 Å². The van der Waals surface area contributed by atoms with Crippen molar-refractivity contribution in [2.75, 3.05) is 0 Å². The molecule has 0 amide bonds. The molecule has 0 unspecified atom stereocenters. The summed E-state index contributed by atoms with van der Waals surface area (Å²) in [5, 5.41) is 5.98. The molecule has 2 nitrogen and oxygen atoms in total. The third kappa shape index (κ3) is 1.41. The summed E-state index contributed by atoms with van der Waals surface area (Å²) in [7, 11) is 0. The molecule has 3 heteroatoms. The Morgan fingerprint density at radius 2 is 2.12 bits per heavy atom. The molecule has 0 atom stereocenters. The minimum atomic E-state index is 0.262. The summed E-state index contributed by atoms with van der Waals surface area (Å²) in [6.45, 7) is 4.42. The number of halogens is 1. The van der Waals surface area contributed by atoms with Gasteiger partial charge < -0.3 is 0 Å². The SMILES string of the molecule is Cc1cc(Br)cc2cn(C3(C)CCC3)nc12. The topological polar surface area (TPSA) is 17.8 Å². The van der Waals surface area contributed by atoms with Gasteiger partial charge in [0.15, 0.2) is 0 Å². The molecule has 1 fully saturated rings. The quantitative estimate of drug-likeness (QED) is 0.771. The number of aromatic nitrogens is 2. The smallest absolute Gasteiger partial charge is 0.0953 e. The van der Waals surface area contributed by atoms with Crippen molar-refractivity contribution in [1.29, 1.82) is 0 Å². The fraction of sp³-hybridized carbons (Fsp3) is 0.462. The molecular formula is C13H15BrN2. The molecule has 1 aliphatic rings. The molecule has 1 heterocycles. The van der Waals surface area contributed by atoms with Gasteiger partial charge >= 0.3 is 0 Å². The average molecular weight is 279 g/mol. The van der Waals surface area contributed by atoms with Gasteiger partial charge in [-0.2, -0.15) is 5.10 Å². The van der Waals surface area contributed by atoms with Crippen molar-refractivity contribution in [3.8, 4) is 0 Å². The van der Waals surface area contributed by atoms with Crippen LogP contribution in [0.1, 0.15) is 31.7 Å². The fourth-order valence-corrected chi connectivity index (χ4v) is 3.05. The second-order valence-corrected chi connectivity index (χ2v) is 6.00. The molecule has 1 saturated carbocycles. The lowest BCUT2D eigenvalue weighted by Gasteiger charge is -2.38. The van der Waals surface area contributed by atoms with Crippen molar-refractivity contribution in [3.63, 3.8) is 0 Å². The summed E-state index contributed by atoms with van der Waals surface area (Å²) in [5.74, 6) is 0. The second kappa shape index (κ2) is 3.33. The molecule has 1 aromatic heterocycles. The first-order valence-corrected chi connectivity index (χ1v) is 6.54. The predicted octanol–water partition coefficient (Wildman–Crippen LogP) is 4.01. The van der Waals surface area contributed by atoms with Crippen LogP contribution in [0.15, 0.2) is 22.8 Å². The first-order valence-electron chi connectivity index (χ1n) is 5.74. The first-order chi connectivity index (χ1) is 7.58. The predicted molar refractivity (Wildman–Crippen MR) is 69.7 cm³/mol. The van der Waals surface area contributed by atoms with Gasteiger partial charge in [-0.1, -0.05) is 15.9 Å². The standard InChI is InChI=1S/C13H15BrN2/c1-9-6-11(14)7-10-8-16(15-12(9)10)13(2)4-3-5-13/h6-8H,3-5H2,1-2H3. The molecular weight excluding hydrogens is 264 g/mol. The minimum absolute atomic E-state index is 0.262. The van der Waals surface area contributed by atoms with Crippen LogP contribution in [0.4, 0.5) is 0 Å². The van der Waals surface area contributed by atoms with E-state index in [0.717, 1.165) is 9.99 Å². The van der Waals surface area contributed by atoms with Gasteiger partial charge in [-0.25, -0.2) is 0 Å². The van der Waals surface area contributed by atoms with Gasteiger partial charge in [0, 0.05) is 16.1 Å². The Morgan fingerprint density at radius 1 is 1.38 bits per heavy atom. The number of aryl methyl sites for hydroxylation is 1. The molecule has 0 N–H and O–H groups in total. The molecule has 1 aromatic carbocycles. The maximum absolute atomic E-state index is 4.74. The van der Waals surface area contributed by atoms with Crippen LogP contribution in [0.5, 0.6) is 0 Å². The summed E-state index contributed by atoms with van der Waals surface area (Å²) >= 11 is 3.54. The summed E-state index contributed by atoms with van der Waals surface area (Å²) in [6, 6.07) is 4.27. The lowest BCUT2D eigenvalue weighted by molar-refractivity contribution is 0.150. The molecule has 0 bridgehead atoms. The van der Waals surface area contributed by atoms with Crippen LogP contribution in [0, 0.1) is 6.92 Å². The van der Waals surface area contributed by atoms with E-state index in [4.69, 9.17) is 5.10 Å². The Kier molecular flexibility index (Phi) is 2.15. The van der Waals surface area contributed by atoms with Crippen molar-refractivity contribution in [2.24, 2.45) is 0 Å². The van der Waals surface area contributed by atoms with Gasteiger partial charge in [0.05, 0.1) is 11.1 Å². The summed E-state index contributed by atoms with van der Waals surface area (Å²) in [5.41, 5.74) is 2.64. The zero-order valence-electron chi connectivity index (χ0n) is 9.63. The van der Waals surface area contributed by atoms with E-state index in [1.165, 1.54) is 30.2 Å². The van der Waals surface area contributed by atoms with Gasteiger partial charge in [-0.3, -0.25) is 4.68 Å². The van der Waals surface area contributed by atoms with Crippen LogP contribution in [-0.4, -0.2) is 9.78 Å². The summed E-state index contributed by atoms with van der Waals surface area (Å²) in [6.07, 6.45) is 6.02. The van der Waals surface area contributed by atoms with Crippen molar-refractivity contribution in [3.05, 3.63) is 28.4 Å². The largest absolute Gasteiger partial charge is 0.266 e. The number of hydrogen-bond donors (Lipinski definition) is 0. The highest BCUT2D eigenvalue weighted by Gasteiger charge is 2.34. The molecule has 0 radical (unpaired) electrons. The van der Waals surface area contributed by atoms with Crippen molar-refractivity contribution in [1.82, 2.24) is 9.78 Å². The third-order valence-corrected chi connectivity index (χ3v) is 4.21. The Morgan fingerprint density at radius 3 is 2.75 bits per heavy atom. The van der Waals surface area contributed by atoms with Gasteiger partial charge in [-0.15, -0.1) is 0 Å². The Balaban J connectivity index is 2.19. The highest BCUT2D eigenvalue weighted by molar-refractivity contribution is 9.10. The van der Waals surface area contributed by atoms with Gasteiger partial charge in [0.1, 0.15) is 0 Å². The van der Waals surface area contributed by atoms with E-state index in [1.807, 2.05) is 0 Å². The molecule has 84 valence electrons. The number of fused-ring (bicyclic) bond motifs is 1. The molecule has 0 spiro atoms. The molecule has 3 rings (SSSR count). The van der Waals surface area contributed by atoms with Gasteiger partial charge in [-0.05, 0) is 50.8 Å². The first kappa shape index (κ1) is 10.3. The molecule has 0 aliphatic heterocycles. The molecule has 0 saturated heterocycles. The van der Waals surface area contributed by atoms with E-state index >= 15 is 0 Å². The molecule has 1 aliphatic carbocycles. The maximum Gasteiger partial charge on any atom is 0.0953 e. The van der Waals surface area contributed by atoms with E-state index in [9.17, 15) is 0 Å². The zero-order chi connectivity index (χ0) is 11.3. The van der Waals surface area contributed by atoms with E-state index in [1.54, 1.807) is 0 Å². The zero-order valence-corrected chi connectivity index (χ0v) is 11.2. The Labute approximate surface area is 104 Å². The van der Waals surface area contributed by atoms with Crippen LogP contribution < -0.4 is 0 Å². The van der Waals surface area contributed by atoms with Gasteiger partial charge in [0.2, 0.25) is 0 Å². The van der Waals surface area contributed by atoms with Gasteiger partial charge in [0.25, 0.3) is 0 Å². The number of hydrogen-bond acceptors (Lipinski definition) is 1. The normalized spacial score (nSPS) is 18.7. The Hall–Kier alpha value is -0.830. The van der Waals surface area contributed by atoms with Crippen LogP contribution >= 0.6 is 15.9 Å². The number of benzene rings is 1. The highest BCUT2D eigenvalue weighted by Crippen LogP contribution is 2.39. The van der Waals surface area contributed by atoms with Crippen molar-refractivity contribution < 1.29 is 0 Å². The lowest BCUT2D eigenvalue weighted by atomic mass is 9.79. The van der Waals surface area contributed by atoms with E-state index in [2.05, 4.69) is 52.8 Å². The number of nitrogens with zero attached hydrogens (tertiary/aromatic N) is 2. The highest BCUT2D eigenvalue weighted by atomic mass is 79.9. The average Bonchev–Trinajstić information content (AvgIpc) is 2.58. The van der Waals surface area contributed by atoms with Crippen LogP contribution in [0.25, 0.3) is 10.9 Å².